The van der Waals surface area contributed by atoms with Crippen molar-refractivity contribution < 1.29 is 22.8 Å². The first kappa shape index (κ1) is 22.2. The third-order valence-electron chi connectivity index (χ3n) is 4.33. The highest BCUT2D eigenvalue weighted by Crippen LogP contribution is 2.29. The highest BCUT2D eigenvalue weighted by Gasteiger charge is 2.30. The summed E-state index contributed by atoms with van der Waals surface area (Å²) < 4.78 is 37.5. The number of amides is 2. The van der Waals surface area contributed by atoms with Gasteiger partial charge < -0.3 is 15.5 Å². The SMILES string of the molecule is CNCC1CCN(C(=O)CNC(=O)c2ccc(C(F)(F)F)cc2)CC1.Cl. The molecule has 1 saturated heterocycles. The van der Waals surface area contributed by atoms with Crippen molar-refractivity contribution in [3.8, 4) is 0 Å². The van der Waals surface area contributed by atoms with Crippen LogP contribution in [0.3, 0.4) is 0 Å². The molecule has 0 unspecified atom stereocenters. The molecule has 0 radical (unpaired) electrons. The molecule has 5 nitrogen and oxygen atoms in total. The van der Waals surface area contributed by atoms with E-state index < -0.39 is 17.6 Å². The van der Waals surface area contributed by atoms with Gasteiger partial charge in [0.1, 0.15) is 0 Å². The Labute approximate surface area is 156 Å². The number of likely N-dealkylation sites (tertiary alicyclic amines) is 1. The fraction of sp³-hybridized carbons (Fsp3) is 0.529. The average molecular weight is 394 g/mol. The Bertz CT molecular complexity index is 600. The Hall–Kier alpha value is -1.80. The van der Waals surface area contributed by atoms with Crippen LogP contribution in [0.4, 0.5) is 13.2 Å². The summed E-state index contributed by atoms with van der Waals surface area (Å²) in [5, 5.41) is 5.59. The van der Waals surface area contributed by atoms with Gasteiger partial charge in [-0.3, -0.25) is 9.59 Å². The lowest BCUT2D eigenvalue weighted by atomic mass is 9.97. The molecule has 26 heavy (non-hydrogen) atoms. The van der Waals surface area contributed by atoms with Gasteiger partial charge in [-0.25, -0.2) is 0 Å². The average Bonchev–Trinajstić information content (AvgIpc) is 2.59. The second-order valence-electron chi connectivity index (χ2n) is 6.14. The third-order valence-corrected chi connectivity index (χ3v) is 4.33. The zero-order valence-corrected chi connectivity index (χ0v) is 15.3. The van der Waals surface area contributed by atoms with Crippen LogP contribution in [-0.2, 0) is 11.0 Å². The number of hydrogen-bond donors (Lipinski definition) is 2. The highest BCUT2D eigenvalue weighted by molar-refractivity contribution is 5.96. The van der Waals surface area contributed by atoms with Crippen molar-refractivity contribution >= 4 is 24.2 Å². The zero-order chi connectivity index (χ0) is 18.4. The zero-order valence-electron chi connectivity index (χ0n) is 14.4. The minimum atomic E-state index is -4.44. The predicted molar refractivity (Wildman–Crippen MR) is 94.3 cm³/mol. The summed E-state index contributed by atoms with van der Waals surface area (Å²) in [5.41, 5.74) is -0.724. The molecular weight excluding hydrogens is 371 g/mol. The van der Waals surface area contributed by atoms with E-state index >= 15 is 0 Å². The van der Waals surface area contributed by atoms with Crippen molar-refractivity contribution in [1.29, 1.82) is 0 Å². The number of carbonyl (C=O) groups excluding carboxylic acids is 2. The Morgan fingerprint density at radius 3 is 2.23 bits per heavy atom. The van der Waals surface area contributed by atoms with Gasteiger partial charge in [0.25, 0.3) is 5.91 Å². The number of nitrogens with one attached hydrogen (secondary N) is 2. The molecule has 1 aliphatic rings. The van der Waals surface area contributed by atoms with Gasteiger partial charge in [-0.1, -0.05) is 0 Å². The summed E-state index contributed by atoms with van der Waals surface area (Å²) in [6, 6.07) is 3.91. The highest BCUT2D eigenvalue weighted by atomic mass is 35.5. The van der Waals surface area contributed by atoms with Crippen LogP contribution in [0.15, 0.2) is 24.3 Å². The number of hydrogen-bond acceptors (Lipinski definition) is 3. The van der Waals surface area contributed by atoms with Crippen LogP contribution in [0, 0.1) is 5.92 Å². The number of carbonyl (C=O) groups is 2. The number of rotatable bonds is 5. The molecule has 1 fully saturated rings. The van der Waals surface area contributed by atoms with E-state index in [1.165, 1.54) is 0 Å². The van der Waals surface area contributed by atoms with Crippen LogP contribution in [0.25, 0.3) is 0 Å². The van der Waals surface area contributed by atoms with E-state index in [0.717, 1.165) is 43.7 Å². The van der Waals surface area contributed by atoms with Crippen LogP contribution in [0.5, 0.6) is 0 Å². The molecule has 146 valence electrons. The van der Waals surface area contributed by atoms with E-state index in [2.05, 4.69) is 10.6 Å². The number of halogens is 4. The monoisotopic (exact) mass is 393 g/mol. The molecule has 1 aromatic rings. The number of benzene rings is 1. The van der Waals surface area contributed by atoms with Gasteiger partial charge >= 0.3 is 6.18 Å². The lowest BCUT2D eigenvalue weighted by Gasteiger charge is -2.32. The summed E-state index contributed by atoms with van der Waals surface area (Å²) in [4.78, 5) is 25.8. The van der Waals surface area contributed by atoms with Gasteiger partial charge in [-0.15, -0.1) is 12.4 Å². The summed E-state index contributed by atoms with van der Waals surface area (Å²) >= 11 is 0. The molecule has 1 aliphatic heterocycles. The van der Waals surface area contributed by atoms with Gasteiger partial charge in [0.05, 0.1) is 12.1 Å². The van der Waals surface area contributed by atoms with Crippen molar-refractivity contribution in [3.05, 3.63) is 35.4 Å². The molecule has 9 heteroatoms. The van der Waals surface area contributed by atoms with Crippen molar-refractivity contribution in [2.45, 2.75) is 19.0 Å². The maximum absolute atomic E-state index is 12.5. The number of piperidine rings is 1. The Morgan fingerprint density at radius 1 is 1.15 bits per heavy atom. The quantitative estimate of drug-likeness (QED) is 0.807. The minimum absolute atomic E-state index is 0. The smallest absolute Gasteiger partial charge is 0.343 e. The van der Waals surface area contributed by atoms with Gasteiger partial charge in [0.15, 0.2) is 0 Å². The Morgan fingerprint density at radius 2 is 1.73 bits per heavy atom. The molecule has 2 rings (SSSR count). The van der Waals surface area contributed by atoms with Crippen LogP contribution < -0.4 is 10.6 Å². The molecule has 1 aromatic carbocycles. The largest absolute Gasteiger partial charge is 0.416 e. The van der Waals surface area contributed by atoms with Gasteiger partial charge in [0.2, 0.25) is 5.91 Å². The molecule has 2 amide bonds. The van der Waals surface area contributed by atoms with Crippen molar-refractivity contribution in [1.82, 2.24) is 15.5 Å². The van der Waals surface area contributed by atoms with Crippen molar-refractivity contribution in [3.63, 3.8) is 0 Å². The molecule has 0 aliphatic carbocycles. The molecule has 1 heterocycles. The van der Waals surface area contributed by atoms with E-state index in [9.17, 15) is 22.8 Å². The first-order valence-corrected chi connectivity index (χ1v) is 8.19. The topological polar surface area (TPSA) is 61.4 Å². The van der Waals surface area contributed by atoms with Gasteiger partial charge in [-0.2, -0.15) is 13.2 Å². The molecule has 0 spiro atoms. The summed E-state index contributed by atoms with van der Waals surface area (Å²) in [5.74, 6) is -0.189. The second kappa shape index (κ2) is 9.78. The first-order chi connectivity index (χ1) is 11.8. The first-order valence-electron chi connectivity index (χ1n) is 8.19. The van der Waals surface area contributed by atoms with Crippen LogP contribution >= 0.6 is 12.4 Å². The summed E-state index contributed by atoms with van der Waals surface area (Å²) in [6.07, 6.45) is -2.61. The third kappa shape index (κ3) is 6.17. The standard InChI is InChI=1S/C17H22F3N3O2.ClH/c1-21-10-12-6-8-23(9-7-12)15(24)11-22-16(25)13-2-4-14(5-3-13)17(18,19)20;/h2-5,12,21H,6-11H2,1H3,(H,22,25);1H. The van der Waals surface area contributed by atoms with E-state index in [1.54, 1.807) is 4.90 Å². The second-order valence-corrected chi connectivity index (χ2v) is 6.14. The molecule has 0 saturated carbocycles. The summed E-state index contributed by atoms with van der Waals surface area (Å²) in [6.45, 7) is 2.08. The van der Waals surface area contributed by atoms with Crippen molar-refractivity contribution in [2.75, 3.05) is 33.2 Å². The lowest BCUT2D eigenvalue weighted by molar-refractivity contribution is -0.137. The van der Waals surface area contributed by atoms with E-state index in [4.69, 9.17) is 0 Å². The maximum Gasteiger partial charge on any atom is 0.416 e. The molecule has 0 atom stereocenters. The van der Waals surface area contributed by atoms with Gasteiger partial charge in [0, 0.05) is 18.7 Å². The van der Waals surface area contributed by atoms with E-state index in [1.807, 2.05) is 7.05 Å². The van der Waals surface area contributed by atoms with E-state index in [0.29, 0.717) is 19.0 Å². The maximum atomic E-state index is 12.5. The fourth-order valence-corrected chi connectivity index (χ4v) is 2.86. The number of alkyl halides is 3. The number of nitrogens with zero attached hydrogens (tertiary/aromatic N) is 1. The molecule has 0 bridgehead atoms. The van der Waals surface area contributed by atoms with Crippen molar-refractivity contribution in [2.24, 2.45) is 5.92 Å². The molecule has 2 N–H and O–H groups in total. The Balaban J connectivity index is 0.00000338. The summed E-state index contributed by atoms with van der Waals surface area (Å²) in [7, 11) is 1.90. The predicted octanol–water partition coefficient (Wildman–Crippen LogP) is 2.32. The molecular formula is C17H23ClF3N3O2. The Kier molecular flexibility index (Phi) is 8.36. The minimum Gasteiger partial charge on any atom is -0.343 e. The van der Waals surface area contributed by atoms with Crippen LogP contribution in [-0.4, -0.2) is 49.9 Å². The fourth-order valence-electron chi connectivity index (χ4n) is 2.86. The lowest BCUT2D eigenvalue weighted by Crippen LogP contribution is -2.45. The van der Waals surface area contributed by atoms with Crippen LogP contribution in [0.1, 0.15) is 28.8 Å². The molecule has 0 aromatic heterocycles. The van der Waals surface area contributed by atoms with E-state index in [-0.39, 0.29) is 30.4 Å². The van der Waals surface area contributed by atoms with Crippen LogP contribution in [0.2, 0.25) is 0 Å². The normalized spacial score (nSPS) is 15.3. The van der Waals surface area contributed by atoms with Gasteiger partial charge in [-0.05, 0) is 56.6 Å².